The van der Waals surface area contributed by atoms with E-state index < -0.39 is 0 Å². The SMILES string of the molecule is Cc1ccc(Cn2c(=N)sc3cc(C)ccc32)cc1. The molecule has 96 valence electrons. The minimum Gasteiger partial charge on any atom is -0.312 e. The van der Waals surface area contributed by atoms with Gasteiger partial charge in [0.15, 0.2) is 4.80 Å². The van der Waals surface area contributed by atoms with Crippen molar-refractivity contribution in [2.75, 3.05) is 0 Å². The maximum atomic E-state index is 8.14. The predicted octanol–water partition coefficient (Wildman–Crippen LogP) is 3.85. The highest BCUT2D eigenvalue weighted by Crippen LogP contribution is 2.19. The molecule has 0 spiro atoms. The van der Waals surface area contributed by atoms with Crippen molar-refractivity contribution in [3.63, 3.8) is 0 Å². The Balaban J connectivity index is 2.07. The van der Waals surface area contributed by atoms with E-state index in [9.17, 15) is 0 Å². The van der Waals surface area contributed by atoms with Crippen LogP contribution in [-0.4, -0.2) is 4.57 Å². The van der Waals surface area contributed by atoms with Crippen LogP contribution in [0.2, 0.25) is 0 Å². The summed E-state index contributed by atoms with van der Waals surface area (Å²) in [7, 11) is 0. The predicted molar refractivity (Wildman–Crippen MR) is 80.7 cm³/mol. The van der Waals surface area contributed by atoms with Crippen molar-refractivity contribution in [2.45, 2.75) is 20.4 Å². The Hall–Kier alpha value is -1.87. The highest BCUT2D eigenvalue weighted by molar-refractivity contribution is 7.16. The Bertz CT molecular complexity index is 779. The van der Waals surface area contributed by atoms with E-state index in [0.29, 0.717) is 4.80 Å². The van der Waals surface area contributed by atoms with Gasteiger partial charge in [0, 0.05) is 0 Å². The van der Waals surface area contributed by atoms with Gasteiger partial charge < -0.3 is 4.57 Å². The van der Waals surface area contributed by atoms with Gasteiger partial charge in [0.1, 0.15) is 0 Å². The van der Waals surface area contributed by atoms with E-state index in [1.54, 1.807) is 11.3 Å². The molecule has 3 aromatic rings. The van der Waals surface area contributed by atoms with Gasteiger partial charge in [-0.25, -0.2) is 0 Å². The molecule has 2 aromatic carbocycles. The van der Waals surface area contributed by atoms with Crippen molar-refractivity contribution in [3.05, 3.63) is 64.0 Å². The van der Waals surface area contributed by atoms with Crippen molar-refractivity contribution in [2.24, 2.45) is 0 Å². The van der Waals surface area contributed by atoms with E-state index in [1.165, 1.54) is 21.4 Å². The summed E-state index contributed by atoms with van der Waals surface area (Å²) in [6, 6.07) is 14.9. The molecule has 0 aliphatic heterocycles. The van der Waals surface area contributed by atoms with Gasteiger partial charge in [-0.2, -0.15) is 0 Å². The number of nitrogens with zero attached hydrogens (tertiary/aromatic N) is 1. The number of rotatable bonds is 2. The monoisotopic (exact) mass is 268 g/mol. The number of nitrogens with one attached hydrogen (secondary N) is 1. The number of fused-ring (bicyclic) bond motifs is 1. The van der Waals surface area contributed by atoms with Crippen LogP contribution in [0.1, 0.15) is 16.7 Å². The fourth-order valence-electron chi connectivity index (χ4n) is 2.23. The quantitative estimate of drug-likeness (QED) is 0.731. The molecule has 0 aliphatic carbocycles. The Labute approximate surface area is 116 Å². The number of hydrogen-bond donors (Lipinski definition) is 1. The summed E-state index contributed by atoms with van der Waals surface area (Å²) in [6.45, 7) is 4.95. The van der Waals surface area contributed by atoms with Crippen LogP contribution in [0.15, 0.2) is 42.5 Å². The largest absolute Gasteiger partial charge is 0.312 e. The molecule has 3 rings (SSSR count). The third-order valence-corrected chi connectivity index (χ3v) is 4.28. The first-order chi connectivity index (χ1) is 9.13. The van der Waals surface area contributed by atoms with E-state index in [0.717, 1.165) is 12.1 Å². The molecule has 0 bridgehead atoms. The molecule has 1 N–H and O–H groups in total. The van der Waals surface area contributed by atoms with Gasteiger partial charge >= 0.3 is 0 Å². The summed E-state index contributed by atoms with van der Waals surface area (Å²) in [5, 5.41) is 8.14. The third-order valence-electron chi connectivity index (χ3n) is 3.32. The van der Waals surface area contributed by atoms with Gasteiger partial charge in [0.2, 0.25) is 0 Å². The van der Waals surface area contributed by atoms with E-state index in [-0.39, 0.29) is 0 Å². The van der Waals surface area contributed by atoms with E-state index in [2.05, 4.69) is 60.9 Å². The highest BCUT2D eigenvalue weighted by atomic mass is 32.1. The topological polar surface area (TPSA) is 28.8 Å². The zero-order valence-electron chi connectivity index (χ0n) is 11.1. The second-order valence-corrected chi connectivity index (χ2v) is 5.98. The molecule has 1 aromatic heterocycles. The maximum absolute atomic E-state index is 8.14. The van der Waals surface area contributed by atoms with Gasteiger partial charge in [0.05, 0.1) is 16.8 Å². The van der Waals surface area contributed by atoms with Crippen molar-refractivity contribution >= 4 is 21.6 Å². The molecule has 0 saturated heterocycles. The summed E-state index contributed by atoms with van der Waals surface area (Å²) in [6.07, 6.45) is 0. The molecular weight excluding hydrogens is 252 g/mol. The van der Waals surface area contributed by atoms with Crippen LogP contribution in [0.5, 0.6) is 0 Å². The first kappa shape index (κ1) is 12.2. The van der Waals surface area contributed by atoms with Crippen LogP contribution < -0.4 is 4.80 Å². The van der Waals surface area contributed by atoms with Crippen LogP contribution in [-0.2, 0) is 6.54 Å². The Morgan fingerprint density at radius 3 is 2.42 bits per heavy atom. The molecule has 0 fully saturated rings. The zero-order chi connectivity index (χ0) is 13.4. The third kappa shape index (κ3) is 2.34. The minimum absolute atomic E-state index is 0.612. The average molecular weight is 268 g/mol. The van der Waals surface area contributed by atoms with Crippen molar-refractivity contribution in [1.82, 2.24) is 4.57 Å². The molecular formula is C16H16N2S. The molecule has 0 saturated carbocycles. The minimum atomic E-state index is 0.612. The molecule has 0 unspecified atom stereocenters. The zero-order valence-corrected chi connectivity index (χ0v) is 11.9. The Kier molecular flexibility index (Phi) is 2.99. The number of aromatic nitrogens is 1. The summed E-state index contributed by atoms with van der Waals surface area (Å²) in [5.41, 5.74) is 4.91. The smallest absolute Gasteiger partial charge is 0.183 e. The van der Waals surface area contributed by atoms with Gasteiger partial charge in [-0.3, -0.25) is 5.41 Å². The first-order valence-electron chi connectivity index (χ1n) is 6.33. The molecule has 3 heteroatoms. The fraction of sp³-hybridized carbons (Fsp3) is 0.188. The van der Waals surface area contributed by atoms with Crippen LogP contribution in [0.3, 0.4) is 0 Å². The highest BCUT2D eigenvalue weighted by Gasteiger charge is 2.05. The normalized spacial score (nSPS) is 11.1. The standard InChI is InChI=1S/C16H16N2S/c1-11-3-6-13(7-4-11)10-18-14-8-5-12(2)9-15(14)19-16(18)17/h3-9,17H,10H2,1-2H3. The van der Waals surface area contributed by atoms with Crippen molar-refractivity contribution in [3.8, 4) is 0 Å². The molecule has 1 heterocycles. The number of hydrogen-bond acceptors (Lipinski definition) is 2. The lowest BCUT2D eigenvalue weighted by molar-refractivity contribution is 0.789. The van der Waals surface area contributed by atoms with Gasteiger partial charge in [-0.15, -0.1) is 0 Å². The summed E-state index contributed by atoms with van der Waals surface area (Å²) >= 11 is 1.54. The fourth-order valence-corrected chi connectivity index (χ4v) is 3.24. The van der Waals surface area contributed by atoms with Crippen molar-refractivity contribution < 1.29 is 0 Å². The number of benzene rings is 2. The maximum Gasteiger partial charge on any atom is 0.183 e. The van der Waals surface area contributed by atoms with Crippen LogP contribution in [0.4, 0.5) is 0 Å². The molecule has 0 radical (unpaired) electrons. The van der Waals surface area contributed by atoms with Gasteiger partial charge in [0.25, 0.3) is 0 Å². The molecule has 0 atom stereocenters. The van der Waals surface area contributed by atoms with E-state index in [1.807, 2.05) is 0 Å². The van der Waals surface area contributed by atoms with Crippen LogP contribution in [0.25, 0.3) is 10.2 Å². The second-order valence-electron chi connectivity index (χ2n) is 4.95. The molecule has 2 nitrogen and oxygen atoms in total. The molecule has 19 heavy (non-hydrogen) atoms. The summed E-state index contributed by atoms with van der Waals surface area (Å²) in [4.78, 5) is 0.612. The molecule has 0 aliphatic rings. The van der Waals surface area contributed by atoms with E-state index in [4.69, 9.17) is 5.41 Å². The molecule has 0 amide bonds. The lowest BCUT2D eigenvalue weighted by atomic mass is 10.1. The number of aryl methyl sites for hydroxylation is 2. The van der Waals surface area contributed by atoms with E-state index >= 15 is 0 Å². The van der Waals surface area contributed by atoms with Crippen LogP contribution >= 0.6 is 11.3 Å². The first-order valence-corrected chi connectivity index (χ1v) is 7.15. The lowest BCUT2D eigenvalue weighted by Gasteiger charge is -2.05. The summed E-state index contributed by atoms with van der Waals surface area (Å²) in [5.74, 6) is 0. The second kappa shape index (κ2) is 4.67. The Morgan fingerprint density at radius 1 is 1.00 bits per heavy atom. The average Bonchev–Trinajstić information content (AvgIpc) is 2.68. The van der Waals surface area contributed by atoms with Gasteiger partial charge in [-0.05, 0) is 37.1 Å². The summed E-state index contributed by atoms with van der Waals surface area (Å²) < 4.78 is 3.27. The number of thiazole rings is 1. The Morgan fingerprint density at radius 2 is 1.68 bits per heavy atom. The van der Waals surface area contributed by atoms with Crippen LogP contribution in [0, 0.1) is 19.3 Å². The van der Waals surface area contributed by atoms with Gasteiger partial charge in [-0.1, -0.05) is 47.2 Å². The lowest BCUT2D eigenvalue weighted by Crippen LogP contribution is -2.13. The van der Waals surface area contributed by atoms with Crippen molar-refractivity contribution in [1.29, 1.82) is 5.41 Å².